The quantitative estimate of drug-likeness (QED) is 0.0832. The van der Waals surface area contributed by atoms with Gasteiger partial charge in [0, 0.05) is 32.9 Å². The monoisotopic (exact) mass is 1060 g/mol. The van der Waals surface area contributed by atoms with Crippen molar-refractivity contribution in [1.82, 2.24) is 15.5 Å². The maximum atomic E-state index is 13.5. The standard InChI is InChI=1S/C21H18BrF3N2O2S.C17H13BrN2O2S.C3H5F3O3S/c1-2-30-19-26-20(18(28)27(19)12-21(23,24)25)11-17(13-6-4-3-5-7-13)29-16-9-8-14(22)10-15(16)20;18-11-6-7-13-12(8-11)17(15(21)19-16(23)20-17)9-14(22-13)10-4-2-1-3-5-10;1-2-9-10(7,8)3(4,5)6/h3-10,17H,2,11-12H2,1H3;1-8,14H,9H2,(H2,19,20,21,23);2H2,1H3. The van der Waals surface area contributed by atoms with Gasteiger partial charge in [-0.25, -0.2) is 4.99 Å². The molecule has 1 fully saturated rings. The molecule has 0 saturated carbocycles. The van der Waals surface area contributed by atoms with E-state index in [-0.39, 0.29) is 23.6 Å². The zero-order valence-corrected chi connectivity index (χ0v) is 38.5. The fraction of sp³-hybridized carbons (Fsp3) is 0.317. The lowest BCUT2D eigenvalue weighted by atomic mass is 9.80. The Morgan fingerprint density at radius 2 is 1.37 bits per heavy atom. The summed E-state index contributed by atoms with van der Waals surface area (Å²) in [6.45, 7) is 1.10. The van der Waals surface area contributed by atoms with E-state index in [4.69, 9.17) is 21.7 Å². The van der Waals surface area contributed by atoms with Crippen molar-refractivity contribution < 1.29 is 58.0 Å². The van der Waals surface area contributed by atoms with Crippen LogP contribution in [0.15, 0.2) is 111 Å². The van der Waals surface area contributed by atoms with Crippen molar-refractivity contribution in [3.05, 3.63) is 128 Å². The summed E-state index contributed by atoms with van der Waals surface area (Å²) in [5.41, 5.74) is -4.50. The average molecular weight is 1070 g/mol. The number of thioether (sulfide) groups is 1. The number of nitrogens with zero attached hydrogens (tertiary/aromatic N) is 2. The van der Waals surface area contributed by atoms with Crippen LogP contribution in [-0.2, 0) is 35.0 Å². The lowest BCUT2D eigenvalue weighted by Gasteiger charge is -2.38. The predicted molar refractivity (Wildman–Crippen MR) is 234 cm³/mol. The largest absolute Gasteiger partial charge is 0.523 e. The number of amidine groups is 1. The fourth-order valence-corrected chi connectivity index (χ4v) is 9.44. The summed E-state index contributed by atoms with van der Waals surface area (Å²) in [6, 6.07) is 30.2. The third kappa shape index (κ3) is 10.5. The van der Waals surface area contributed by atoms with Gasteiger partial charge in [-0.3, -0.25) is 18.7 Å². The van der Waals surface area contributed by atoms with E-state index >= 15 is 0 Å². The molecule has 4 aromatic carbocycles. The van der Waals surface area contributed by atoms with Gasteiger partial charge in [0.2, 0.25) is 0 Å². The highest BCUT2D eigenvalue weighted by Crippen LogP contribution is 2.52. The topological polar surface area (TPSA) is 136 Å². The minimum atomic E-state index is -5.35. The van der Waals surface area contributed by atoms with Crippen molar-refractivity contribution >= 4 is 88.1 Å². The van der Waals surface area contributed by atoms with Gasteiger partial charge in [0.25, 0.3) is 11.8 Å². The van der Waals surface area contributed by atoms with Gasteiger partial charge in [-0.05, 0) is 72.4 Å². The molecule has 4 aliphatic rings. The molecule has 4 aromatic rings. The zero-order chi connectivity index (χ0) is 46.0. The number of hydrogen-bond donors (Lipinski definition) is 2. The molecule has 2 amide bonds. The summed E-state index contributed by atoms with van der Waals surface area (Å²) in [6.07, 6.45) is -4.65. The Morgan fingerprint density at radius 3 is 1.83 bits per heavy atom. The molecule has 4 atom stereocenters. The molecular weight excluding hydrogens is 1030 g/mol. The van der Waals surface area contributed by atoms with Crippen LogP contribution < -0.4 is 20.1 Å². The Morgan fingerprint density at radius 1 is 0.841 bits per heavy atom. The Hall–Kier alpha value is -4.22. The number of halogens is 8. The Bertz CT molecular complexity index is 2510. The minimum absolute atomic E-state index is 0.0967. The summed E-state index contributed by atoms with van der Waals surface area (Å²) in [4.78, 5) is 31.6. The van der Waals surface area contributed by atoms with Gasteiger partial charge in [-0.15, -0.1) is 0 Å². The normalized spacial score (nSPS) is 22.6. The first-order valence-electron chi connectivity index (χ1n) is 18.9. The van der Waals surface area contributed by atoms with Crippen LogP contribution in [0.1, 0.15) is 61.2 Å². The second kappa shape index (κ2) is 19.1. The SMILES string of the molecule is CCOS(=O)(=O)C(F)(F)F.CCSC1=NC2(CC(c3ccccc3)Oc3ccc(Br)cc32)C(=O)N1CC(F)(F)F.O=C1NC(=S)NC12CC(c1ccccc1)Oc1ccc(Br)cc12. The van der Waals surface area contributed by atoms with Crippen LogP contribution >= 0.6 is 55.8 Å². The van der Waals surface area contributed by atoms with Gasteiger partial charge < -0.3 is 20.1 Å². The number of alkyl halides is 6. The third-order valence-electron chi connectivity index (χ3n) is 9.87. The minimum Gasteiger partial charge on any atom is -0.485 e. The lowest BCUT2D eigenvalue weighted by Crippen LogP contribution is -2.48. The number of amides is 2. The van der Waals surface area contributed by atoms with Gasteiger partial charge in [0.1, 0.15) is 30.3 Å². The van der Waals surface area contributed by atoms with Gasteiger partial charge >= 0.3 is 21.8 Å². The van der Waals surface area contributed by atoms with Crippen LogP contribution in [0.2, 0.25) is 0 Å². The molecule has 4 aliphatic heterocycles. The van der Waals surface area contributed by atoms with E-state index in [0.717, 1.165) is 44.7 Å². The molecule has 22 heteroatoms. The van der Waals surface area contributed by atoms with Gasteiger partial charge in [0.05, 0.1) is 6.61 Å². The van der Waals surface area contributed by atoms with E-state index in [1.165, 1.54) is 0 Å². The van der Waals surface area contributed by atoms with E-state index in [1.807, 2.05) is 85.8 Å². The fourth-order valence-electron chi connectivity index (χ4n) is 7.22. The van der Waals surface area contributed by atoms with Crippen LogP contribution in [0.4, 0.5) is 26.3 Å². The number of fused-ring (bicyclic) bond motifs is 4. The second-order valence-electron chi connectivity index (χ2n) is 14.0. The van der Waals surface area contributed by atoms with E-state index in [0.29, 0.717) is 38.8 Å². The number of carbonyl (C=O) groups excluding carboxylic acids is 2. The summed E-state index contributed by atoms with van der Waals surface area (Å²) in [7, 11) is -5.35. The number of aliphatic imine (C=N–C) groups is 1. The number of ether oxygens (including phenoxy) is 2. The van der Waals surface area contributed by atoms with E-state index in [9.17, 15) is 44.3 Å². The van der Waals surface area contributed by atoms with Crippen molar-refractivity contribution in [3.8, 4) is 11.5 Å². The second-order valence-corrected chi connectivity index (χ2v) is 19.1. The highest BCUT2D eigenvalue weighted by atomic mass is 79.9. The van der Waals surface area contributed by atoms with Crippen molar-refractivity contribution in [2.45, 2.75) is 61.7 Å². The number of carbonyl (C=O) groups is 2. The molecule has 0 aromatic heterocycles. The number of benzene rings is 4. The number of nitrogens with one attached hydrogen (secondary N) is 2. The Labute approximate surface area is 384 Å². The molecule has 4 heterocycles. The first-order chi connectivity index (χ1) is 29.6. The highest BCUT2D eigenvalue weighted by molar-refractivity contribution is 9.10. The van der Waals surface area contributed by atoms with Crippen LogP contribution in [0, 0.1) is 0 Å². The van der Waals surface area contributed by atoms with Crippen LogP contribution in [0.25, 0.3) is 0 Å². The molecule has 8 rings (SSSR count). The van der Waals surface area contributed by atoms with Crippen molar-refractivity contribution in [2.75, 3.05) is 18.9 Å². The molecule has 0 aliphatic carbocycles. The van der Waals surface area contributed by atoms with Crippen molar-refractivity contribution in [3.63, 3.8) is 0 Å². The first kappa shape index (κ1) is 48.2. The van der Waals surface area contributed by atoms with Crippen LogP contribution in [-0.4, -0.2) is 66.0 Å². The van der Waals surface area contributed by atoms with E-state index < -0.39 is 58.0 Å². The molecule has 2 N–H and O–H groups in total. The number of thiocarbonyl (C=S) groups is 1. The molecule has 63 heavy (non-hydrogen) atoms. The molecule has 4 unspecified atom stereocenters. The molecule has 11 nitrogen and oxygen atoms in total. The summed E-state index contributed by atoms with van der Waals surface area (Å²) in [5.74, 6) is 0.844. The van der Waals surface area contributed by atoms with E-state index in [2.05, 4.69) is 51.7 Å². The molecular formula is C41H36Br2F6N4O7S3. The number of rotatable bonds is 6. The highest BCUT2D eigenvalue weighted by Gasteiger charge is 2.57. The van der Waals surface area contributed by atoms with Gasteiger partial charge in [-0.1, -0.05) is 111 Å². The first-order valence-corrected chi connectivity index (χ1v) is 23.3. The number of hydrogen-bond acceptors (Lipinski definition) is 10. The molecule has 336 valence electrons. The maximum absolute atomic E-state index is 13.5. The van der Waals surface area contributed by atoms with Gasteiger partial charge in [0.15, 0.2) is 21.4 Å². The van der Waals surface area contributed by atoms with Gasteiger partial charge in [-0.2, -0.15) is 34.8 Å². The summed E-state index contributed by atoms with van der Waals surface area (Å²) < 4.78 is 111. The third-order valence-corrected chi connectivity index (χ3v) is 13.0. The predicted octanol–water partition coefficient (Wildman–Crippen LogP) is 9.73. The Kier molecular flexibility index (Phi) is 14.6. The van der Waals surface area contributed by atoms with E-state index in [1.54, 1.807) is 18.2 Å². The summed E-state index contributed by atoms with van der Waals surface area (Å²) in [5, 5.41) is 6.35. The summed E-state index contributed by atoms with van der Waals surface area (Å²) >= 11 is 13.2. The van der Waals surface area contributed by atoms with Crippen molar-refractivity contribution in [2.24, 2.45) is 4.99 Å². The smallest absolute Gasteiger partial charge is 0.485 e. The molecule has 0 radical (unpaired) electrons. The lowest BCUT2D eigenvalue weighted by molar-refractivity contribution is -0.155. The maximum Gasteiger partial charge on any atom is 0.523 e. The van der Waals surface area contributed by atoms with Crippen LogP contribution in [0.5, 0.6) is 11.5 Å². The zero-order valence-electron chi connectivity index (χ0n) is 32.9. The molecule has 2 spiro atoms. The van der Waals surface area contributed by atoms with Crippen molar-refractivity contribution in [1.29, 1.82) is 0 Å². The Balaban J connectivity index is 0.000000177. The molecule has 0 bridgehead atoms. The van der Waals surface area contributed by atoms with Crippen LogP contribution in [0.3, 0.4) is 0 Å². The molecule has 1 saturated heterocycles. The average Bonchev–Trinajstić information content (AvgIpc) is 3.64.